The van der Waals surface area contributed by atoms with E-state index in [9.17, 15) is 0 Å². The van der Waals surface area contributed by atoms with Gasteiger partial charge in [-0.1, -0.05) is 30.5 Å². The molecule has 0 bridgehead atoms. The lowest BCUT2D eigenvalue weighted by Crippen LogP contribution is -2.04. The van der Waals surface area contributed by atoms with E-state index in [1.165, 1.54) is 25.7 Å². The highest BCUT2D eigenvalue weighted by Crippen LogP contribution is 2.34. The molecule has 1 aromatic carbocycles. The molecule has 2 aromatic rings. The summed E-state index contributed by atoms with van der Waals surface area (Å²) in [6, 6.07) is 5.94. The molecule has 0 spiro atoms. The van der Waals surface area contributed by atoms with Crippen LogP contribution in [-0.2, 0) is 6.54 Å². The van der Waals surface area contributed by atoms with Crippen LogP contribution in [0.4, 0.5) is 0 Å². The Bertz CT molecular complexity index is 585. The van der Waals surface area contributed by atoms with Gasteiger partial charge in [0.1, 0.15) is 11.3 Å². The molecule has 19 heavy (non-hydrogen) atoms. The number of aryl methyl sites for hydroxylation is 1. The van der Waals surface area contributed by atoms with Crippen LogP contribution in [0.3, 0.4) is 0 Å². The Morgan fingerprint density at radius 1 is 1.42 bits per heavy atom. The van der Waals surface area contributed by atoms with Gasteiger partial charge in [0.25, 0.3) is 0 Å². The van der Waals surface area contributed by atoms with Gasteiger partial charge in [-0.25, -0.2) is 4.98 Å². The second kappa shape index (κ2) is 5.34. The average Bonchev–Trinajstić information content (AvgIpc) is 3.11. The van der Waals surface area contributed by atoms with E-state index in [1.807, 2.05) is 19.1 Å². The summed E-state index contributed by atoms with van der Waals surface area (Å²) in [4.78, 5) is 4.62. The molecule has 1 fully saturated rings. The molecule has 1 atom stereocenters. The van der Waals surface area contributed by atoms with Crippen molar-refractivity contribution >= 4 is 34.2 Å². The van der Waals surface area contributed by atoms with Crippen molar-refractivity contribution in [3.8, 4) is 0 Å². The molecule has 2 nitrogen and oxygen atoms in total. The zero-order chi connectivity index (χ0) is 13.4. The number of para-hydroxylation sites is 1. The maximum Gasteiger partial charge on any atom is 0.127 e. The fraction of sp³-hybridized carbons (Fsp3) is 0.533. The number of nitrogens with zero attached hydrogens (tertiary/aromatic N) is 2. The number of alkyl halides is 1. The fourth-order valence-corrected chi connectivity index (χ4v) is 2.99. The highest BCUT2D eigenvalue weighted by Gasteiger charge is 2.21. The number of hydrogen-bond donors (Lipinski definition) is 0. The topological polar surface area (TPSA) is 17.8 Å². The maximum absolute atomic E-state index is 6.26. The molecule has 3 rings (SSSR count). The van der Waals surface area contributed by atoms with Crippen LogP contribution in [0.1, 0.15) is 43.8 Å². The van der Waals surface area contributed by atoms with Crippen LogP contribution in [0.2, 0.25) is 5.02 Å². The molecule has 1 aliphatic rings. The second-order valence-electron chi connectivity index (χ2n) is 5.43. The van der Waals surface area contributed by atoms with Crippen molar-refractivity contribution in [3.05, 3.63) is 29.0 Å². The fourth-order valence-electron chi connectivity index (χ4n) is 2.61. The molecule has 0 saturated heterocycles. The van der Waals surface area contributed by atoms with Gasteiger partial charge in [0, 0.05) is 6.54 Å². The van der Waals surface area contributed by atoms with E-state index >= 15 is 0 Å². The smallest absolute Gasteiger partial charge is 0.127 e. The van der Waals surface area contributed by atoms with Gasteiger partial charge in [-0.15, -0.1) is 11.6 Å². The second-order valence-corrected chi connectivity index (χ2v) is 6.49. The normalized spacial score (nSPS) is 17.0. The third-order valence-electron chi connectivity index (χ3n) is 3.81. The molecular weight excluding hydrogens is 279 g/mol. The minimum absolute atomic E-state index is 0.0932. The summed E-state index contributed by atoms with van der Waals surface area (Å²) in [6.45, 7) is 2.95. The van der Waals surface area contributed by atoms with Gasteiger partial charge < -0.3 is 4.57 Å². The molecule has 1 aliphatic carbocycles. The number of rotatable bonds is 5. The van der Waals surface area contributed by atoms with Gasteiger partial charge in [-0.05, 0) is 37.8 Å². The quantitative estimate of drug-likeness (QED) is 0.695. The molecule has 0 radical (unpaired) electrons. The van der Waals surface area contributed by atoms with Crippen molar-refractivity contribution in [1.82, 2.24) is 9.55 Å². The van der Waals surface area contributed by atoms with Gasteiger partial charge in [-0.2, -0.15) is 0 Å². The first kappa shape index (κ1) is 13.3. The summed E-state index contributed by atoms with van der Waals surface area (Å²) in [5, 5.41) is 0.612. The van der Waals surface area contributed by atoms with Crippen molar-refractivity contribution < 1.29 is 0 Å². The van der Waals surface area contributed by atoms with E-state index in [0.29, 0.717) is 5.02 Å². The zero-order valence-corrected chi connectivity index (χ0v) is 12.6. The monoisotopic (exact) mass is 296 g/mol. The van der Waals surface area contributed by atoms with Crippen LogP contribution < -0.4 is 0 Å². The summed E-state index contributed by atoms with van der Waals surface area (Å²) in [7, 11) is 0. The Morgan fingerprint density at radius 2 is 2.21 bits per heavy atom. The molecule has 1 saturated carbocycles. The van der Waals surface area contributed by atoms with Crippen LogP contribution >= 0.6 is 23.2 Å². The molecule has 1 aromatic heterocycles. The number of benzene rings is 1. The van der Waals surface area contributed by atoms with E-state index in [0.717, 1.165) is 29.3 Å². The highest BCUT2D eigenvalue weighted by atomic mass is 35.5. The predicted molar refractivity (Wildman–Crippen MR) is 81.0 cm³/mol. The minimum atomic E-state index is -0.0932. The summed E-state index contributed by atoms with van der Waals surface area (Å²) in [5.41, 5.74) is 1.98. The van der Waals surface area contributed by atoms with E-state index in [2.05, 4.69) is 15.6 Å². The Kier molecular flexibility index (Phi) is 3.72. The third kappa shape index (κ3) is 2.75. The average molecular weight is 297 g/mol. The number of fused-ring (bicyclic) bond motifs is 1. The van der Waals surface area contributed by atoms with Crippen molar-refractivity contribution in [3.63, 3.8) is 0 Å². The highest BCUT2D eigenvalue weighted by molar-refractivity contribution is 6.35. The lowest BCUT2D eigenvalue weighted by Gasteiger charge is -2.10. The van der Waals surface area contributed by atoms with Crippen molar-refractivity contribution in [2.24, 2.45) is 5.92 Å². The molecule has 0 N–H and O–H groups in total. The number of halogens is 2. The van der Waals surface area contributed by atoms with Gasteiger partial charge >= 0.3 is 0 Å². The molecule has 102 valence electrons. The zero-order valence-electron chi connectivity index (χ0n) is 11.1. The van der Waals surface area contributed by atoms with Gasteiger partial charge in [0.2, 0.25) is 0 Å². The summed E-state index contributed by atoms with van der Waals surface area (Å²) < 4.78 is 2.24. The van der Waals surface area contributed by atoms with E-state index in [1.54, 1.807) is 0 Å². The molecule has 1 heterocycles. The van der Waals surface area contributed by atoms with Gasteiger partial charge in [0.05, 0.1) is 15.9 Å². The molecular formula is C15H18Cl2N2. The molecule has 0 amide bonds. The first-order chi connectivity index (χ1) is 9.16. The third-order valence-corrected chi connectivity index (χ3v) is 4.31. The van der Waals surface area contributed by atoms with Crippen LogP contribution in [0.25, 0.3) is 11.0 Å². The Labute approximate surface area is 123 Å². The van der Waals surface area contributed by atoms with Crippen LogP contribution in [0, 0.1) is 5.92 Å². The van der Waals surface area contributed by atoms with E-state index < -0.39 is 0 Å². The Hall–Kier alpha value is -0.730. The summed E-state index contributed by atoms with van der Waals surface area (Å²) >= 11 is 12.5. The minimum Gasteiger partial charge on any atom is -0.327 e. The van der Waals surface area contributed by atoms with Crippen molar-refractivity contribution in [2.45, 2.75) is 44.5 Å². The largest absolute Gasteiger partial charge is 0.327 e. The van der Waals surface area contributed by atoms with Crippen LogP contribution in [0.15, 0.2) is 18.2 Å². The number of hydrogen-bond acceptors (Lipinski definition) is 1. The van der Waals surface area contributed by atoms with E-state index in [-0.39, 0.29) is 5.38 Å². The first-order valence-corrected chi connectivity index (χ1v) is 7.77. The van der Waals surface area contributed by atoms with Crippen LogP contribution in [-0.4, -0.2) is 9.55 Å². The van der Waals surface area contributed by atoms with Crippen molar-refractivity contribution in [2.75, 3.05) is 0 Å². The lowest BCUT2D eigenvalue weighted by molar-refractivity contribution is 0.569. The van der Waals surface area contributed by atoms with Crippen molar-refractivity contribution in [1.29, 1.82) is 0 Å². The summed E-state index contributed by atoms with van der Waals surface area (Å²) in [6.07, 6.45) is 5.33. The number of imidazole rings is 1. The standard InChI is InChI=1S/C15H18Cl2N2/c1-10(16)15-18-14-12(17)5-2-6-13(14)19(15)9-3-4-11-7-8-11/h2,5-6,10-11H,3-4,7-9H2,1H3. The molecule has 1 unspecified atom stereocenters. The molecule has 4 heteroatoms. The van der Waals surface area contributed by atoms with Gasteiger partial charge in [-0.3, -0.25) is 0 Å². The SMILES string of the molecule is CC(Cl)c1nc2c(Cl)cccc2n1CCCC1CC1. The first-order valence-electron chi connectivity index (χ1n) is 6.95. The maximum atomic E-state index is 6.26. The predicted octanol–water partition coefficient (Wildman–Crippen LogP) is 5.18. The number of aromatic nitrogens is 2. The summed E-state index contributed by atoms with van der Waals surface area (Å²) in [5.74, 6) is 1.90. The Balaban J connectivity index is 1.93. The lowest BCUT2D eigenvalue weighted by atomic mass is 10.2. The van der Waals surface area contributed by atoms with E-state index in [4.69, 9.17) is 23.2 Å². The van der Waals surface area contributed by atoms with Gasteiger partial charge in [0.15, 0.2) is 0 Å². The molecule has 0 aliphatic heterocycles. The van der Waals surface area contributed by atoms with Crippen LogP contribution in [0.5, 0.6) is 0 Å². The Morgan fingerprint density at radius 3 is 2.89 bits per heavy atom.